The van der Waals surface area contributed by atoms with E-state index in [0.29, 0.717) is 12.6 Å². The maximum absolute atomic E-state index is 5.37. The molecular formula is C19H23NO. The van der Waals surface area contributed by atoms with E-state index in [0.717, 1.165) is 13.1 Å². The third-order valence-electron chi connectivity index (χ3n) is 3.54. The molecule has 0 unspecified atom stereocenters. The third kappa shape index (κ3) is 5.09. The van der Waals surface area contributed by atoms with Crippen molar-refractivity contribution in [2.45, 2.75) is 26.1 Å². The van der Waals surface area contributed by atoms with Crippen LogP contribution in [0, 0.1) is 0 Å². The van der Waals surface area contributed by atoms with Crippen LogP contribution in [0.25, 0.3) is 0 Å². The van der Waals surface area contributed by atoms with Crippen LogP contribution in [0.2, 0.25) is 0 Å². The van der Waals surface area contributed by atoms with Gasteiger partial charge in [0.15, 0.2) is 0 Å². The van der Waals surface area contributed by atoms with Gasteiger partial charge in [-0.15, -0.1) is 0 Å². The van der Waals surface area contributed by atoms with Gasteiger partial charge in [0, 0.05) is 19.1 Å². The predicted molar refractivity (Wildman–Crippen MR) is 87.7 cm³/mol. The Bertz CT molecular complexity index is 482. The minimum atomic E-state index is 0.323. The van der Waals surface area contributed by atoms with Gasteiger partial charge in [-0.3, -0.25) is 4.90 Å². The lowest BCUT2D eigenvalue weighted by molar-refractivity contribution is 0.110. The molecule has 2 rings (SSSR count). The molecule has 1 atom stereocenters. The monoisotopic (exact) mass is 281 g/mol. The van der Waals surface area contributed by atoms with Crippen LogP contribution in [0.15, 0.2) is 73.5 Å². The molecule has 0 aliphatic heterocycles. The first-order valence-corrected chi connectivity index (χ1v) is 7.34. The molecule has 21 heavy (non-hydrogen) atoms. The summed E-state index contributed by atoms with van der Waals surface area (Å²) in [6, 6.07) is 21.4. The molecule has 2 aromatic rings. The Kier molecular flexibility index (Phi) is 6.04. The summed E-state index contributed by atoms with van der Waals surface area (Å²) < 4.78 is 5.37. The first-order chi connectivity index (χ1) is 10.3. The highest BCUT2D eigenvalue weighted by Crippen LogP contribution is 2.13. The van der Waals surface area contributed by atoms with Gasteiger partial charge in [-0.05, 0) is 18.1 Å². The minimum absolute atomic E-state index is 0.323. The smallest absolute Gasteiger partial charge is 0.103 e. The lowest BCUT2D eigenvalue weighted by Gasteiger charge is -2.29. The molecule has 0 saturated heterocycles. The molecule has 0 heterocycles. The Labute approximate surface area is 127 Å². The fourth-order valence-corrected chi connectivity index (χ4v) is 2.32. The van der Waals surface area contributed by atoms with Crippen LogP contribution in [0.1, 0.15) is 18.1 Å². The molecule has 0 saturated carbocycles. The fourth-order valence-electron chi connectivity index (χ4n) is 2.32. The molecule has 110 valence electrons. The van der Waals surface area contributed by atoms with E-state index in [4.69, 9.17) is 4.74 Å². The molecule has 0 aromatic heterocycles. The first-order valence-electron chi connectivity index (χ1n) is 7.34. The van der Waals surface area contributed by atoms with E-state index in [1.54, 1.807) is 0 Å². The van der Waals surface area contributed by atoms with E-state index >= 15 is 0 Å². The second-order valence-corrected chi connectivity index (χ2v) is 5.23. The van der Waals surface area contributed by atoms with Crippen molar-refractivity contribution >= 4 is 0 Å². The summed E-state index contributed by atoms with van der Waals surface area (Å²) in [6.45, 7) is 8.29. The minimum Gasteiger partial charge on any atom is -0.500 e. The zero-order valence-corrected chi connectivity index (χ0v) is 12.6. The van der Waals surface area contributed by atoms with Crippen molar-refractivity contribution in [3.63, 3.8) is 0 Å². The maximum atomic E-state index is 5.37. The SMILES string of the molecule is C=COC[C@H](C)N(Cc1ccccc1)Cc1ccccc1. The third-order valence-corrected chi connectivity index (χ3v) is 3.54. The molecule has 0 N–H and O–H groups in total. The molecule has 2 aromatic carbocycles. The molecular weight excluding hydrogens is 258 g/mol. The topological polar surface area (TPSA) is 12.5 Å². The van der Waals surface area contributed by atoms with Crippen LogP contribution < -0.4 is 0 Å². The van der Waals surface area contributed by atoms with Crippen LogP contribution in [-0.2, 0) is 17.8 Å². The Balaban J connectivity index is 2.07. The number of ether oxygens (including phenoxy) is 1. The van der Waals surface area contributed by atoms with Gasteiger partial charge in [-0.25, -0.2) is 0 Å². The average molecular weight is 281 g/mol. The largest absolute Gasteiger partial charge is 0.500 e. The molecule has 0 aliphatic rings. The van der Waals surface area contributed by atoms with Gasteiger partial charge >= 0.3 is 0 Å². The van der Waals surface area contributed by atoms with E-state index in [1.807, 2.05) is 0 Å². The van der Waals surface area contributed by atoms with Gasteiger partial charge in [0.05, 0.1) is 6.26 Å². The van der Waals surface area contributed by atoms with E-state index in [9.17, 15) is 0 Å². The number of hydrogen-bond donors (Lipinski definition) is 0. The number of nitrogens with zero attached hydrogens (tertiary/aromatic N) is 1. The predicted octanol–water partition coefficient (Wildman–Crippen LogP) is 4.24. The molecule has 0 bridgehead atoms. The summed E-state index contributed by atoms with van der Waals surface area (Å²) in [5.41, 5.74) is 2.64. The van der Waals surface area contributed by atoms with Crippen molar-refractivity contribution < 1.29 is 4.74 Å². The van der Waals surface area contributed by atoms with Crippen LogP contribution in [-0.4, -0.2) is 17.5 Å². The zero-order valence-electron chi connectivity index (χ0n) is 12.6. The quantitative estimate of drug-likeness (QED) is 0.671. The average Bonchev–Trinajstić information content (AvgIpc) is 2.54. The maximum Gasteiger partial charge on any atom is 0.103 e. The summed E-state index contributed by atoms with van der Waals surface area (Å²) in [7, 11) is 0. The summed E-state index contributed by atoms with van der Waals surface area (Å²) >= 11 is 0. The second kappa shape index (κ2) is 8.28. The van der Waals surface area contributed by atoms with Crippen molar-refractivity contribution in [2.75, 3.05) is 6.61 Å². The normalized spacial score (nSPS) is 12.1. The van der Waals surface area contributed by atoms with E-state index in [2.05, 4.69) is 79.1 Å². The lowest BCUT2D eigenvalue weighted by atomic mass is 10.1. The highest BCUT2D eigenvalue weighted by atomic mass is 16.5. The van der Waals surface area contributed by atoms with Crippen LogP contribution in [0.3, 0.4) is 0 Å². The van der Waals surface area contributed by atoms with Crippen molar-refractivity contribution in [3.05, 3.63) is 84.6 Å². The zero-order chi connectivity index (χ0) is 14.9. The van der Waals surface area contributed by atoms with Crippen LogP contribution >= 0.6 is 0 Å². The first kappa shape index (κ1) is 15.3. The van der Waals surface area contributed by atoms with Gasteiger partial charge in [0.1, 0.15) is 6.61 Å². The number of benzene rings is 2. The molecule has 2 nitrogen and oxygen atoms in total. The Morgan fingerprint density at radius 3 is 1.86 bits per heavy atom. The molecule has 0 fully saturated rings. The van der Waals surface area contributed by atoms with Crippen LogP contribution in [0.4, 0.5) is 0 Å². The van der Waals surface area contributed by atoms with Gasteiger partial charge in [0.25, 0.3) is 0 Å². The van der Waals surface area contributed by atoms with Crippen molar-refractivity contribution in [1.29, 1.82) is 0 Å². The standard InChI is InChI=1S/C19H23NO/c1-3-21-16-17(2)20(14-18-10-6-4-7-11-18)15-19-12-8-5-9-13-19/h3-13,17H,1,14-16H2,2H3/t17-/m0/s1. The van der Waals surface area contributed by atoms with Gasteiger partial charge in [0.2, 0.25) is 0 Å². The summed E-state index contributed by atoms with van der Waals surface area (Å²) in [6.07, 6.45) is 1.51. The van der Waals surface area contributed by atoms with Gasteiger partial charge < -0.3 is 4.74 Å². The Hall–Kier alpha value is -2.06. The Morgan fingerprint density at radius 1 is 0.952 bits per heavy atom. The van der Waals surface area contributed by atoms with Crippen molar-refractivity contribution in [3.8, 4) is 0 Å². The number of rotatable bonds is 8. The van der Waals surface area contributed by atoms with Crippen molar-refractivity contribution in [2.24, 2.45) is 0 Å². The molecule has 0 aliphatic carbocycles. The highest BCUT2D eigenvalue weighted by Gasteiger charge is 2.15. The lowest BCUT2D eigenvalue weighted by Crippen LogP contribution is -2.35. The summed E-state index contributed by atoms with van der Waals surface area (Å²) in [4.78, 5) is 2.42. The van der Waals surface area contributed by atoms with Crippen LogP contribution in [0.5, 0.6) is 0 Å². The summed E-state index contributed by atoms with van der Waals surface area (Å²) in [5.74, 6) is 0. The van der Waals surface area contributed by atoms with Gasteiger partial charge in [-0.1, -0.05) is 67.2 Å². The van der Waals surface area contributed by atoms with Crippen molar-refractivity contribution in [1.82, 2.24) is 4.90 Å². The summed E-state index contributed by atoms with van der Waals surface area (Å²) in [5, 5.41) is 0. The van der Waals surface area contributed by atoms with E-state index in [-0.39, 0.29) is 0 Å². The highest BCUT2D eigenvalue weighted by molar-refractivity contribution is 5.17. The molecule has 0 radical (unpaired) electrons. The van der Waals surface area contributed by atoms with E-state index in [1.165, 1.54) is 17.4 Å². The fraction of sp³-hybridized carbons (Fsp3) is 0.263. The molecule has 2 heteroatoms. The molecule has 0 amide bonds. The molecule has 0 spiro atoms. The van der Waals surface area contributed by atoms with E-state index < -0.39 is 0 Å². The number of hydrogen-bond acceptors (Lipinski definition) is 2. The second-order valence-electron chi connectivity index (χ2n) is 5.23. The Morgan fingerprint density at radius 2 is 1.43 bits per heavy atom. The van der Waals surface area contributed by atoms with Gasteiger partial charge in [-0.2, -0.15) is 0 Å².